The number of nitriles is 1. The van der Waals surface area contributed by atoms with E-state index >= 15 is 0 Å². The molecule has 1 unspecified atom stereocenters. The molecule has 0 saturated heterocycles. The van der Waals surface area contributed by atoms with Crippen LogP contribution in [0.15, 0.2) is 24.3 Å². The molecule has 1 aliphatic rings. The van der Waals surface area contributed by atoms with Crippen LogP contribution < -0.4 is 4.74 Å². The number of carbonyl (C=O) groups excluding carboxylic acids is 1. The Morgan fingerprint density at radius 1 is 1.52 bits per heavy atom. The zero-order valence-electron chi connectivity index (χ0n) is 12.1. The summed E-state index contributed by atoms with van der Waals surface area (Å²) in [4.78, 5) is 14.1. The van der Waals surface area contributed by atoms with Crippen molar-refractivity contribution >= 4 is 34.2 Å². The molecule has 110 valence electrons. The first-order valence-electron chi connectivity index (χ1n) is 6.84. The van der Waals surface area contributed by atoms with Crippen LogP contribution in [-0.4, -0.2) is 27.9 Å². The quantitative estimate of drug-likeness (QED) is 0.580. The lowest BCUT2D eigenvalue weighted by Crippen LogP contribution is -2.38. The molecule has 21 heavy (non-hydrogen) atoms. The third-order valence-electron chi connectivity index (χ3n) is 3.44. The average Bonchev–Trinajstić information content (AvgIpc) is 2.48. The summed E-state index contributed by atoms with van der Waals surface area (Å²) < 4.78 is 5.33. The Labute approximate surface area is 138 Å². The van der Waals surface area contributed by atoms with Crippen LogP contribution in [0.2, 0.25) is 0 Å². The Hall–Kier alpha value is -1.55. The number of aryl methyl sites for hydroxylation is 1. The fraction of sp³-hybridized carbons (Fsp3) is 0.375. The third kappa shape index (κ3) is 3.38. The minimum atomic E-state index is 0.0184. The summed E-state index contributed by atoms with van der Waals surface area (Å²) in [6.45, 7) is 4.68. The lowest BCUT2D eigenvalue weighted by Gasteiger charge is -2.31. The molecular weight excluding hydrogens is 379 g/mol. The highest BCUT2D eigenvalue weighted by molar-refractivity contribution is 14.1. The van der Waals surface area contributed by atoms with Crippen LogP contribution in [0.3, 0.4) is 0 Å². The van der Waals surface area contributed by atoms with Crippen molar-refractivity contribution < 1.29 is 9.53 Å². The molecular formula is C16H17IN2O2. The summed E-state index contributed by atoms with van der Waals surface area (Å²) in [5.41, 5.74) is 3.05. The van der Waals surface area contributed by atoms with Crippen LogP contribution in [0.5, 0.6) is 5.75 Å². The van der Waals surface area contributed by atoms with Crippen LogP contribution in [0.25, 0.3) is 5.70 Å². The second-order valence-electron chi connectivity index (χ2n) is 4.80. The standard InChI is InChI=1S/C16H17IN2O2/c1-3-19-15(7-6-14(17)16(19)20)13-5-4-12(10-11(13)2)21-9-8-18/h4-5,7,10,14H,3,6,9H2,1-2H3. The van der Waals surface area contributed by atoms with Gasteiger partial charge in [-0.3, -0.25) is 4.79 Å². The molecule has 1 aromatic rings. The van der Waals surface area contributed by atoms with Crippen molar-refractivity contribution in [3.8, 4) is 11.8 Å². The number of ether oxygens (including phenoxy) is 1. The first-order valence-corrected chi connectivity index (χ1v) is 8.09. The van der Waals surface area contributed by atoms with E-state index in [1.807, 2.05) is 43.0 Å². The van der Waals surface area contributed by atoms with Gasteiger partial charge in [0.2, 0.25) is 5.91 Å². The molecule has 5 heteroatoms. The highest BCUT2D eigenvalue weighted by atomic mass is 127. The molecule has 0 aromatic heterocycles. The molecule has 0 radical (unpaired) electrons. The van der Waals surface area contributed by atoms with Gasteiger partial charge in [-0.05, 0) is 44.0 Å². The fourth-order valence-electron chi connectivity index (χ4n) is 2.42. The van der Waals surface area contributed by atoms with E-state index in [-0.39, 0.29) is 16.4 Å². The van der Waals surface area contributed by atoms with Gasteiger partial charge in [0, 0.05) is 17.8 Å². The van der Waals surface area contributed by atoms with E-state index in [1.54, 1.807) is 0 Å². The molecule has 0 fully saturated rings. The molecule has 1 atom stereocenters. The predicted molar refractivity (Wildman–Crippen MR) is 90.1 cm³/mol. The minimum Gasteiger partial charge on any atom is -0.479 e. The van der Waals surface area contributed by atoms with Crippen LogP contribution in [0, 0.1) is 18.3 Å². The van der Waals surface area contributed by atoms with Crippen molar-refractivity contribution in [2.45, 2.75) is 24.2 Å². The topological polar surface area (TPSA) is 53.3 Å². The maximum absolute atomic E-state index is 12.3. The molecule has 4 nitrogen and oxygen atoms in total. The first-order chi connectivity index (χ1) is 10.1. The lowest BCUT2D eigenvalue weighted by molar-refractivity contribution is -0.127. The number of benzene rings is 1. The summed E-state index contributed by atoms with van der Waals surface area (Å²) in [6, 6.07) is 7.66. The molecule has 2 rings (SSSR count). The Morgan fingerprint density at radius 2 is 2.29 bits per heavy atom. The van der Waals surface area contributed by atoms with Crippen LogP contribution in [0.1, 0.15) is 24.5 Å². The summed E-state index contributed by atoms with van der Waals surface area (Å²) in [6.07, 6.45) is 2.89. The van der Waals surface area contributed by atoms with Gasteiger partial charge < -0.3 is 9.64 Å². The number of hydrogen-bond acceptors (Lipinski definition) is 3. The van der Waals surface area contributed by atoms with E-state index in [0.29, 0.717) is 12.3 Å². The summed E-state index contributed by atoms with van der Waals surface area (Å²) in [5.74, 6) is 0.843. The number of halogens is 1. The van der Waals surface area contributed by atoms with Crippen molar-refractivity contribution in [2.75, 3.05) is 13.2 Å². The van der Waals surface area contributed by atoms with Crippen molar-refractivity contribution in [1.82, 2.24) is 4.90 Å². The zero-order valence-corrected chi connectivity index (χ0v) is 14.3. The third-order valence-corrected chi connectivity index (χ3v) is 4.48. The van der Waals surface area contributed by atoms with Gasteiger partial charge in [-0.1, -0.05) is 28.7 Å². The SMILES string of the molecule is CCN1C(=O)C(I)CC=C1c1ccc(OCC#N)cc1C. The summed E-state index contributed by atoms with van der Waals surface area (Å²) in [7, 11) is 0. The average molecular weight is 396 g/mol. The molecule has 0 N–H and O–H groups in total. The van der Waals surface area contributed by atoms with E-state index in [2.05, 4.69) is 28.7 Å². The van der Waals surface area contributed by atoms with E-state index in [4.69, 9.17) is 10.00 Å². The van der Waals surface area contributed by atoms with Gasteiger partial charge in [0.1, 0.15) is 11.8 Å². The maximum Gasteiger partial charge on any atom is 0.240 e. The summed E-state index contributed by atoms with van der Waals surface area (Å²) >= 11 is 2.19. The lowest BCUT2D eigenvalue weighted by atomic mass is 10.00. The van der Waals surface area contributed by atoms with E-state index in [9.17, 15) is 4.79 Å². The predicted octanol–water partition coefficient (Wildman–Crippen LogP) is 3.29. The Bertz CT molecular complexity index is 619. The van der Waals surface area contributed by atoms with Crippen LogP contribution in [0.4, 0.5) is 0 Å². The molecule has 0 bridgehead atoms. The Morgan fingerprint density at radius 3 is 2.90 bits per heavy atom. The highest BCUT2D eigenvalue weighted by Crippen LogP contribution is 2.31. The number of amides is 1. The van der Waals surface area contributed by atoms with Gasteiger partial charge in [0.15, 0.2) is 6.61 Å². The van der Waals surface area contributed by atoms with Crippen molar-refractivity contribution in [3.05, 3.63) is 35.4 Å². The van der Waals surface area contributed by atoms with E-state index in [0.717, 1.165) is 23.2 Å². The molecule has 0 saturated carbocycles. The van der Waals surface area contributed by atoms with Gasteiger partial charge in [0.25, 0.3) is 0 Å². The number of rotatable bonds is 4. The highest BCUT2D eigenvalue weighted by Gasteiger charge is 2.28. The monoisotopic (exact) mass is 396 g/mol. The van der Waals surface area contributed by atoms with E-state index < -0.39 is 0 Å². The van der Waals surface area contributed by atoms with Gasteiger partial charge in [-0.25, -0.2) is 0 Å². The number of carbonyl (C=O) groups is 1. The van der Waals surface area contributed by atoms with Gasteiger partial charge >= 0.3 is 0 Å². The zero-order chi connectivity index (χ0) is 15.4. The van der Waals surface area contributed by atoms with Crippen molar-refractivity contribution in [1.29, 1.82) is 5.26 Å². The smallest absolute Gasteiger partial charge is 0.240 e. The van der Waals surface area contributed by atoms with Gasteiger partial charge in [-0.2, -0.15) is 5.26 Å². The Balaban J connectivity index is 2.33. The van der Waals surface area contributed by atoms with Gasteiger partial charge in [0.05, 0.1) is 3.92 Å². The fourth-order valence-corrected chi connectivity index (χ4v) is 3.01. The number of alkyl halides is 1. The number of allylic oxidation sites excluding steroid dienone is 1. The number of nitrogens with zero attached hydrogens (tertiary/aromatic N) is 2. The Kier molecular flexibility index (Phi) is 5.23. The summed E-state index contributed by atoms with van der Waals surface area (Å²) in [5, 5.41) is 8.55. The first kappa shape index (κ1) is 15.8. The molecule has 0 aliphatic carbocycles. The molecule has 1 amide bonds. The molecule has 1 aliphatic heterocycles. The number of hydrogen-bond donors (Lipinski definition) is 0. The van der Waals surface area contributed by atoms with Crippen LogP contribution in [-0.2, 0) is 4.79 Å². The van der Waals surface area contributed by atoms with E-state index in [1.165, 1.54) is 0 Å². The van der Waals surface area contributed by atoms with Crippen LogP contribution >= 0.6 is 22.6 Å². The molecule has 1 heterocycles. The van der Waals surface area contributed by atoms with Gasteiger partial charge in [-0.15, -0.1) is 0 Å². The maximum atomic E-state index is 12.3. The van der Waals surface area contributed by atoms with Crippen molar-refractivity contribution in [3.63, 3.8) is 0 Å². The molecule has 1 aromatic carbocycles. The molecule has 0 spiro atoms. The minimum absolute atomic E-state index is 0.0184. The largest absolute Gasteiger partial charge is 0.479 e. The second-order valence-corrected chi connectivity index (χ2v) is 6.30. The normalized spacial score (nSPS) is 18.2. The van der Waals surface area contributed by atoms with Crippen molar-refractivity contribution in [2.24, 2.45) is 0 Å². The second kappa shape index (κ2) is 6.94.